The van der Waals surface area contributed by atoms with E-state index in [1.807, 2.05) is 24.3 Å². The van der Waals surface area contributed by atoms with Crippen molar-refractivity contribution in [1.82, 2.24) is 0 Å². The predicted octanol–water partition coefficient (Wildman–Crippen LogP) is 1.65. The van der Waals surface area contributed by atoms with Crippen molar-refractivity contribution in [1.29, 1.82) is 0 Å². The molecule has 0 amide bonds. The summed E-state index contributed by atoms with van der Waals surface area (Å²) in [6.07, 6.45) is 5.18. The van der Waals surface area contributed by atoms with Crippen molar-refractivity contribution in [3.8, 4) is 18.1 Å². The molecule has 2 nitrogen and oxygen atoms in total. The largest absolute Gasteiger partial charge is 0.468 e. The first kappa shape index (κ1) is 8.63. The maximum atomic E-state index is 5.18. The fourth-order valence-corrected chi connectivity index (χ4v) is 0.774. The van der Waals surface area contributed by atoms with E-state index in [9.17, 15) is 0 Å². The smallest absolute Gasteiger partial charge is 0.188 e. The summed E-state index contributed by atoms with van der Waals surface area (Å²) in [6.45, 7) is 0.259. The Morgan fingerprint density at radius 3 is 2.50 bits per heavy atom. The maximum Gasteiger partial charge on any atom is 0.188 e. The van der Waals surface area contributed by atoms with E-state index in [0.29, 0.717) is 0 Å². The molecule has 1 aromatic rings. The molecule has 2 heteroatoms. The van der Waals surface area contributed by atoms with Crippen molar-refractivity contribution in [3.05, 3.63) is 29.8 Å². The van der Waals surface area contributed by atoms with Gasteiger partial charge in [-0.2, -0.15) is 0 Å². The van der Waals surface area contributed by atoms with E-state index in [-0.39, 0.29) is 6.79 Å². The van der Waals surface area contributed by atoms with Crippen LogP contribution in [-0.4, -0.2) is 13.9 Å². The molecule has 0 unspecified atom stereocenters. The lowest BCUT2D eigenvalue weighted by Gasteiger charge is -2.03. The first-order chi connectivity index (χ1) is 5.86. The molecular formula is C10H10O2. The molecule has 0 radical (unpaired) electrons. The van der Waals surface area contributed by atoms with Crippen molar-refractivity contribution in [2.75, 3.05) is 13.9 Å². The minimum absolute atomic E-state index is 0.259. The first-order valence-electron chi connectivity index (χ1n) is 3.55. The average molecular weight is 162 g/mol. The standard InChI is InChI=1S/C10H10O2/c1-3-9-4-6-10(7-5-9)12-8-11-2/h1,4-7H,8H2,2H3. The molecule has 12 heavy (non-hydrogen) atoms. The Morgan fingerprint density at radius 1 is 1.33 bits per heavy atom. The quantitative estimate of drug-likeness (QED) is 0.497. The molecular weight excluding hydrogens is 152 g/mol. The lowest BCUT2D eigenvalue weighted by atomic mass is 10.2. The second-order valence-corrected chi connectivity index (χ2v) is 2.22. The van der Waals surface area contributed by atoms with Crippen LogP contribution in [-0.2, 0) is 4.74 Å². The van der Waals surface area contributed by atoms with Gasteiger partial charge in [0.1, 0.15) is 5.75 Å². The summed E-state index contributed by atoms with van der Waals surface area (Å²) in [5, 5.41) is 0. The molecule has 1 aromatic carbocycles. The summed E-state index contributed by atoms with van der Waals surface area (Å²) in [4.78, 5) is 0. The van der Waals surface area contributed by atoms with Crippen LogP contribution < -0.4 is 4.74 Å². The second kappa shape index (κ2) is 4.42. The van der Waals surface area contributed by atoms with E-state index in [2.05, 4.69) is 5.92 Å². The molecule has 0 aliphatic heterocycles. The van der Waals surface area contributed by atoms with Crippen molar-refractivity contribution < 1.29 is 9.47 Å². The molecule has 0 bridgehead atoms. The predicted molar refractivity (Wildman–Crippen MR) is 46.9 cm³/mol. The molecule has 1 rings (SSSR count). The van der Waals surface area contributed by atoms with Crippen LogP contribution in [0.25, 0.3) is 0 Å². The Balaban J connectivity index is 2.60. The van der Waals surface area contributed by atoms with Gasteiger partial charge in [0, 0.05) is 12.7 Å². The number of benzene rings is 1. The molecule has 0 fully saturated rings. The molecule has 62 valence electrons. The van der Waals surface area contributed by atoms with Gasteiger partial charge in [-0.15, -0.1) is 6.42 Å². The highest BCUT2D eigenvalue weighted by atomic mass is 16.7. The normalized spacial score (nSPS) is 9.00. The van der Waals surface area contributed by atoms with Gasteiger partial charge in [-0.05, 0) is 24.3 Å². The topological polar surface area (TPSA) is 18.5 Å². The second-order valence-electron chi connectivity index (χ2n) is 2.22. The fraction of sp³-hybridized carbons (Fsp3) is 0.200. The van der Waals surface area contributed by atoms with Crippen LogP contribution in [0.1, 0.15) is 5.56 Å². The summed E-state index contributed by atoms with van der Waals surface area (Å²) in [7, 11) is 1.58. The van der Waals surface area contributed by atoms with Crippen LogP contribution in [0, 0.1) is 12.3 Å². The number of rotatable bonds is 3. The Morgan fingerprint density at radius 2 is 2.00 bits per heavy atom. The number of methoxy groups -OCH3 is 1. The van der Waals surface area contributed by atoms with Gasteiger partial charge in [-0.1, -0.05) is 5.92 Å². The van der Waals surface area contributed by atoms with E-state index in [0.717, 1.165) is 11.3 Å². The number of ether oxygens (including phenoxy) is 2. The number of hydrogen-bond acceptors (Lipinski definition) is 2. The van der Waals surface area contributed by atoms with Crippen LogP contribution in [0.2, 0.25) is 0 Å². The highest BCUT2D eigenvalue weighted by Crippen LogP contribution is 2.10. The highest BCUT2D eigenvalue weighted by Gasteiger charge is 1.91. The Bertz CT molecular complexity index is 269. The summed E-state index contributed by atoms with van der Waals surface area (Å²) in [6, 6.07) is 7.28. The van der Waals surface area contributed by atoms with Crippen LogP contribution in [0.15, 0.2) is 24.3 Å². The van der Waals surface area contributed by atoms with Crippen molar-refractivity contribution in [2.45, 2.75) is 0 Å². The van der Waals surface area contributed by atoms with Gasteiger partial charge >= 0.3 is 0 Å². The van der Waals surface area contributed by atoms with E-state index in [1.54, 1.807) is 7.11 Å². The third kappa shape index (κ3) is 2.30. The lowest BCUT2D eigenvalue weighted by Crippen LogP contribution is -1.98. The molecule has 0 saturated carbocycles. The maximum absolute atomic E-state index is 5.18. The van der Waals surface area contributed by atoms with Crippen LogP contribution in [0.3, 0.4) is 0 Å². The van der Waals surface area contributed by atoms with Gasteiger partial charge in [-0.25, -0.2) is 0 Å². The summed E-state index contributed by atoms with van der Waals surface area (Å²) in [5.41, 5.74) is 0.847. The monoisotopic (exact) mass is 162 g/mol. The molecule has 0 aliphatic rings. The molecule has 0 heterocycles. The Hall–Kier alpha value is -1.46. The zero-order valence-corrected chi connectivity index (χ0v) is 6.91. The zero-order chi connectivity index (χ0) is 8.81. The van der Waals surface area contributed by atoms with E-state index in [4.69, 9.17) is 15.9 Å². The van der Waals surface area contributed by atoms with Gasteiger partial charge in [0.2, 0.25) is 0 Å². The average Bonchev–Trinajstić information content (AvgIpc) is 2.15. The van der Waals surface area contributed by atoms with Crippen LogP contribution in [0.5, 0.6) is 5.75 Å². The Kier molecular flexibility index (Phi) is 3.18. The van der Waals surface area contributed by atoms with Gasteiger partial charge in [0.25, 0.3) is 0 Å². The van der Waals surface area contributed by atoms with E-state index in [1.165, 1.54) is 0 Å². The van der Waals surface area contributed by atoms with Crippen LogP contribution >= 0.6 is 0 Å². The third-order valence-corrected chi connectivity index (χ3v) is 1.36. The molecule has 0 aliphatic carbocycles. The van der Waals surface area contributed by atoms with E-state index < -0.39 is 0 Å². The van der Waals surface area contributed by atoms with Crippen LogP contribution in [0.4, 0.5) is 0 Å². The molecule has 0 spiro atoms. The molecule has 0 N–H and O–H groups in total. The van der Waals surface area contributed by atoms with Gasteiger partial charge in [0.15, 0.2) is 6.79 Å². The van der Waals surface area contributed by atoms with Crippen molar-refractivity contribution in [3.63, 3.8) is 0 Å². The zero-order valence-electron chi connectivity index (χ0n) is 6.91. The SMILES string of the molecule is C#Cc1ccc(OCOC)cc1. The first-order valence-corrected chi connectivity index (χ1v) is 3.55. The van der Waals surface area contributed by atoms with Crippen molar-refractivity contribution >= 4 is 0 Å². The minimum Gasteiger partial charge on any atom is -0.468 e. The Labute approximate surface area is 72.1 Å². The molecule has 0 saturated heterocycles. The summed E-state index contributed by atoms with van der Waals surface area (Å²) < 4.78 is 9.90. The minimum atomic E-state index is 0.259. The van der Waals surface area contributed by atoms with Crippen molar-refractivity contribution in [2.24, 2.45) is 0 Å². The molecule has 0 atom stereocenters. The lowest BCUT2D eigenvalue weighted by molar-refractivity contribution is 0.0511. The van der Waals surface area contributed by atoms with Gasteiger partial charge in [-0.3, -0.25) is 0 Å². The highest BCUT2D eigenvalue weighted by molar-refractivity contribution is 5.36. The fourth-order valence-electron chi connectivity index (χ4n) is 0.774. The number of terminal acetylenes is 1. The summed E-state index contributed by atoms with van der Waals surface area (Å²) in [5.74, 6) is 3.28. The van der Waals surface area contributed by atoms with E-state index >= 15 is 0 Å². The molecule has 0 aromatic heterocycles. The van der Waals surface area contributed by atoms with Gasteiger partial charge in [0.05, 0.1) is 0 Å². The summed E-state index contributed by atoms with van der Waals surface area (Å²) >= 11 is 0. The third-order valence-electron chi connectivity index (χ3n) is 1.36. The number of hydrogen-bond donors (Lipinski definition) is 0. The van der Waals surface area contributed by atoms with Gasteiger partial charge < -0.3 is 9.47 Å².